The van der Waals surface area contributed by atoms with Crippen molar-refractivity contribution in [3.8, 4) is 0 Å². The molecule has 0 radical (unpaired) electrons. The highest BCUT2D eigenvalue weighted by molar-refractivity contribution is 6.04. The van der Waals surface area contributed by atoms with Crippen molar-refractivity contribution < 1.29 is 14.4 Å². The van der Waals surface area contributed by atoms with Crippen LogP contribution < -0.4 is 10.6 Å². The van der Waals surface area contributed by atoms with Crippen LogP contribution in [-0.4, -0.2) is 72.8 Å². The molecule has 112 valence electrons. The number of piperazine rings is 1. The highest BCUT2D eigenvalue weighted by atomic mass is 16.2. The van der Waals surface area contributed by atoms with Crippen LogP contribution in [0.25, 0.3) is 0 Å². The summed E-state index contributed by atoms with van der Waals surface area (Å²) in [4.78, 5) is 39.1. The van der Waals surface area contributed by atoms with Crippen LogP contribution in [0.4, 0.5) is 0 Å². The van der Waals surface area contributed by atoms with E-state index in [1.165, 1.54) is 4.90 Å². The number of imide groups is 1. The molecular formula is C13H22N4O3. The molecule has 0 saturated carbocycles. The second-order valence-electron chi connectivity index (χ2n) is 5.24. The van der Waals surface area contributed by atoms with Gasteiger partial charge in [0.05, 0.1) is 6.54 Å². The molecule has 1 atom stereocenters. The SMILES string of the molecule is CCC1C(=O)NC(=O)CN1C(=O)CN1CCCNCC1. The molecule has 0 aromatic rings. The molecule has 2 heterocycles. The van der Waals surface area contributed by atoms with Gasteiger partial charge < -0.3 is 10.2 Å². The first-order chi connectivity index (χ1) is 9.61. The Morgan fingerprint density at radius 2 is 2.10 bits per heavy atom. The molecule has 0 aromatic heterocycles. The van der Waals surface area contributed by atoms with Gasteiger partial charge in [-0.2, -0.15) is 0 Å². The van der Waals surface area contributed by atoms with Crippen LogP contribution in [0, 0.1) is 0 Å². The molecule has 3 amide bonds. The van der Waals surface area contributed by atoms with E-state index in [1.807, 2.05) is 6.92 Å². The van der Waals surface area contributed by atoms with E-state index < -0.39 is 11.9 Å². The number of hydrogen-bond donors (Lipinski definition) is 2. The van der Waals surface area contributed by atoms with Crippen LogP contribution in [-0.2, 0) is 14.4 Å². The summed E-state index contributed by atoms with van der Waals surface area (Å²) >= 11 is 0. The van der Waals surface area contributed by atoms with E-state index in [0.29, 0.717) is 6.42 Å². The fraction of sp³-hybridized carbons (Fsp3) is 0.769. The Balaban J connectivity index is 1.98. The van der Waals surface area contributed by atoms with Crippen LogP contribution >= 0.6 is 0 Å². The molecule has 7 nitrogen and oxygen atoms in total. The highest BCUT2D eigenvalue weighted by Crippen LogP contribution is 2.10. The van der Waals surface area contributed by atoms with Gasteiger partial charge in [-0.05, 0) is 25.9 Å². The Labute approximate surface area is 118 Å². The quantitative estimate of drug-likeness (QED) is 0.619. The zero-order chi connectivity index (χ0) is 14.5. The Kier molecular flexibility index (Phi) is 5.08. The van der Waals surface area contributed by atoms with Crippen LogP contribution in [0.1, 0.15) is 19.8 Å². The van der Waals surface area contributed by atoms with Crippen molar-refractivity contribution in [2.24, 2.45) is 0 Å². The van der Waals surface area contributed by atoms with E-state index in [-0.39, 0.29) is 24.9 Å². The lowest BCUT2D eigenvalue weighted by atomic mass is 10.1. The van der Waals surface area contributed by atoms with Crippen molar-refractivity contribution in [1.82, 2.24) is 20.4 Å². The lowest BCUT2D eigenvalue weighted by Gasteiger charge is -2.34. The lowest BCUT2D eigenvalue weighted by molar-refractivity contribution is -0.150. The Morgan fingerprint density at radius 1 is 1.30 bits per heavy atom. The van der Waals surface area contributed by atoms with Gasteiger partial charge in [0.25, 0.3) is 0 Å². The van der Waals surface area contributed by atoms with Crippen molar-refractivity contribution in [3.63, 3.8) is 0 Å². The van der Waals surface area contributed by atoms with Crippen molar-refractivity contribution >= 4 is 17.7 Å². The summed E-state index contributed by atoms with van der Waals surface area (Å²) in [5.74, 6) is -0.901. The average molecular weight is 282 g/mol. The predicted molar refractivity (Wildman–Crippen MR) is 72.9 cm³/mol. The second-order valence-corrected chi connectivity index (χ2v) is 5.24. The molecular weight excluding hydrogens is 260 g/mol. The third-order valence-corrected chi connectivity index (χ3v) is 3.75. The molecule has 2 aliphatic rings. The molecule has 2 N–H and O–H groups in total. The summed E-state index contributed by atoms with van der Waals surface area (Å²) in [7, 11) is 0. The van der Waals surface area contributed by atoms with E-state index in [1.54, 1.807) is 0 Å². The molecule has 0 aliphatic carbocycles. The monoisotopic (exact) mass is 282 g/mol. The number of amides is 3. The summed E-state index contributed by atoms with van der Waals surface area (Å²) in [5, 5.41) is 5.56. The fourth-order valence-electron chi connectivity index (χ4n) is 2.68. The maximum atomic E-state index is 12.4. The van der Waals surface area contributed by atoms with E-state index >= 15 is 0 Å². The first-order valence-corrected chi connectivity index (χ1v) is 7.18. The largest absolute Gasteiger partial charge is 0.320 e. The molecule has 7 heteroatoms. The minimum absolute atomic E-state index is 0.0187. The van der Waals surface area contributed by atoms with Crippen LogP contribution in [0.15, 0.2) is 0 Å². The number of carbonyl (C=O) groups is 3. The van der Waals surface area contributed by atoms with Gasteiger partial charge in [-0.25, -0.2) is 0 Å². The lowest BCUT2D eigenvalue weighted by Crippen LogP contribution is -2.61. The van der Waals surface area contributed by atoms with E-state index in [2.05, 4.69) is 15.5 Å². The topological polar surface area (TPSA) is 81.8 Å². The summed E-state index contributed by atoms with van der Waals surface area (Å²) in [6, 6.07) is -0.523. The summed E-state index contributed by atoms with van der Waals surface area (Å²) in [5.41, 5.74) is 0. The van der Waals surface area contributed by atoms with Gasteiger partial charge >= 0.3 is 0 Å². The van der Waals surface area contributed by atoms with Crippen LogP contribution in [0.5, 0.6) is 0 Å². The Hall–Kier alpha value is -1.47. The van der Waals surface area contributed by atoms with Gasteiger partial charge in [0.15, 0.2) is 0 Å². The van der Waals surface area contributed by atoms with Crippen LogP contribution in [0.2, 0.25) is 0 Å². The van der Waals surface area contributed by atoms with E-state index in [4.69, 9.17) is 0 Å². The van der Waals surface area contributed by atoms with Crippen molar-refractivity contribution in [3.05, 3.63) is 0 Å². The number of carbonyl (C=O) groups excluding carboxylic acids is 3. The zero-order valence-corrected chi connectivity index (χ0v) is 11.9. The third kappa shape index (κ3) is 3.55. The third-order valence-electron chi connectivity index (χ3n) is 3.75. The molecule has 0 bridgehead atoms. The summed E-state index contributed by atoms with van der Waals surface area (Å²) in [6.45, 7) is 5.61. The van der Waals surface area contributed by atoms with Gasteiger partial charge in [-0.15, -0.1) is 0 Å². The Bertz CT molecular complexity index is 391. The maximum absolute atomic E-state index is 12.4. The smallest absolute Gasteiger partial charge is 0.249 e. The van der Waals surface area contributed by atoms with Gasteiger partial charge in [-0.3, -0.25) is 24.6 Å². The van der Waals surface area contributed by atoms with Crippen molar-refractivity contribution in [1.29, 1.82) is 0 Å². The molecule has 2 aliphatic heterocycles. The predicted octanol–water partition coefficient (Wildman–Crippen LogP) is -1.45. The maximum Gasteiger partial charge on any atom is 0.249 e. The molecule has 0 spiro atoms. The second kappa shape index (κ2) is 6.81. The van der Waals surface area contributed by atoms with E-state index in [0.717, 1.165) is 32.6 Å². The molecule has 2 fully saturated rings. The van der Waals surface area contributed by atoms with Crippen LogP contribution in [0.3, 0.4) is 0 Å². The number of rotatable bonds is 3. The van der Waals surface area contributed by atoms with Gasteiger partial charge in [0.1, 0.15) is 12.6 Å². The van der Waals surface area contributed by atoms with Gasteiger partial charge in [-0.1, -0.05) is 6.92 Å². The molecule has 0 aromatic carbocycles. The Morgan fingerprint density at radius 3 is 2.85 bits per heavy atom. The number of hydrogen-bond acceptors (Lipinski definition) is 5. The fourth-order valence-corrected chi connectivity index (χ4v) is 2.68. The van der Waals surface area contributed by atoms with Gasteiger partial charge in [0, 0.05) is 13.1 Å². The normalized spacial score (nSPS) is 25.2. The minimum atomic E-state index is -0.523. The minimum Gasteiger partial charge on any atom is -0.320 e. The number of nitrogens with one attached hydrogen (secondary N) is 2. The summed E-state index contributed by atoms with van der Waals surface area (Å²) < 4.78 is 0. The van der Waals surface area contributed by atoms with Crippen molar-refractivity contribution in [2.75, 3.05) is 39.3 Å². The number of nitrogens with zero attached hydrogens (tertiary/aromatic N) is 2. The van der Waals surface area contributed by atoms with E-state index in [9.17, 15) is 14.4 Å². The summed E-state index contributed by atoms with van der Waals surface area (Å²) in [6.07, 6.45) is 1.52. The first-order valence-electron chi connectivity index (χ1n) is 7.18. The average Bonchev–Trinajstić information content (AvgIpc) is 2.66. The zero-order valence-electron chi connectivity index (χ0n) is 11.9. The standard InChI is InChI=1S/C13H22N4O3/c1-2-10-13(20)15-11(18)8-17(10)12(19)9-16-6-3-4-14-5-7-16/h10,14H,2-9H2,1H3,(H,15,18,20). The molecule has 2 saturated heterocycles. The molecule has 2 rings (SSSR count). The first kappa shape index (κ1) is 14.9. The molecule has 1 unspecified atom stereocenters. The van der Waals surface area contributed by atoms with Crippen molar-refractivity contribution in [2.45, 2.75) is 25.8 Å². The molecule has 20 heavy (non-hydrogen) atoms. The highest BCUT2D eigenvalue weighted by Gasteiger charge is 2.35. The van der Waals surface area contributed by atoms with Gasteiger partial charge in [0.2, 0.25) is 17.7 Å².